The number of pyridine rings is 2. The summed E-state index contributed by atoms with van der Waals surface area (Å²) in [5, 5.41) is 9.87. The summed E-state index contributed by atoms with van der Waals surface area (Å²) in [6.07, 6.45) is 3.90. The van der Waals surface area contributed by atoms with E-state index in [9.17, 15) is 4.79 Å². The standard InChI is InChI=1S/C19H15N3O2/c1-2-24-19(23)16-9-14(11-21-12-16)7-13-3-6-18-15(8-13)4-5-17(10-20)22-18/h3-6,8-9,11-12H,2,7H2,1H3. The molecule has 5 heteroatoms. The van der Waals surface area contributed by atoms with Crippen molar-refractivity contribution in [3.05, 3.63) is 71.2 Å². The van der Waals surface area contributed by atoms with Crippen molar-refractivity contribution in [2.24, 2.45) is 0 Å². The minimum Gasteiger partial charge on any atom is -0.462 e. The lowest BCUT2D eigenvalue weighted by atomic mass is 10.0. The van der Waals surface area contributed by atoms with Crippen molar-refractivity contribution >= 4 is 16.9 Å². The van der Waals surface area contributed by atoms with Gasteiger partial charge >= 0.3 is 5.97 Å². The molecule has 0 radical (unpaired) electrons. The quantitative estimate of drug-likeness (QED) is 0.690. The molecule has 0 atom stereocenters. The molecule has 118 valence electrons. The molecule has 0 amide bonds. The highest BCUT2D eigenvalue weighted by molar-refractivity contribution is 5.89. The van der Waals surface area contributed by atoms with Crippen LogP contribution in [0.15, 0.2) is 48.8 Å². The Bertz CT molecular complexity index is 945. The van der Waals surface area contributed by atoms with Crippen LogP contribution in [0.5, 0.6) is 0 Å². The van der Waals surface area contributed by atoms with E-state index in [1.165, 1.54) is 6.20 Å². The summed E-state index contributed by atoms with van der Waals surface area (Å²) >= 11 is 0. The van der Waals surface area contributed by atoms with Crippen LogP contribution in [0.4, 0.5) is 0 Å². The lowest BCUT2D eigenvalue weighted by Crippen LogP contribution is -2.06. The van der Waals surface area contributed by atoms with Gasteiger partial charge in [0.2, 0.25) is 0 Å². The molecule has 5 nitrogen and oxygen atoms in total. The lowest BCUT2D eigenvalue weighted by molar-refractivity contribution is 0.0525. The first-order valence-corrected chi connectivity index (χ1v) is 7.60. The van der Waals surface area contributed by atoms with Crippen LogP contribution in [0.1, 0.15) is 34.1 Å². The van der Waals surface area contributed by atoms with Crippen molar-refractivity contribution in [2.75, 3.05) is 6.61 Å². The molecule has 0 saturated heterocycles. The number of carbonyl (C=O) groups is 1. The molecule has 0 aliphatic rings. The van der Waals surface area contributed by atoms with E-state index < -0.39 is 0 Å². The number of rotatable bonds is 4. The molecular formula is C19H15N3O2. The third-order valence-corrected chi connectivity index (χ3v) is 3.58. The van der Waals surface area contributed by atoms with E-state index in [-0.39, 0.29) is 5.97 Å². The Kier molecular flexibility index (Phi) is 4.48. The molecule has 1 aromatic carbocycles. The van der Waals surface area contributed by atoms with Crippen LogP contribution in [0.2, 0.25) is 0 Å². The first kappa shape index (κ1) is 15.6. The van der Waals surface area contributed by atoms with Crippen LogP contribution in [0, 0.1) is 11.3 Å². The maximum Gasteiger partial charge on any atom is 0.339 e. The number of esters is 1. The summed E-state index contributed by atoms with van der Waals surface area (Å²) in [7, 11) is 0. The van der Waals surface area contributed by atoms with E-state index in [1.54, 1.807) is 25.3 Å². The second kappa shape index (κ2) is 6.88. The monoisotopic (exact) mass is 317 g/mol. The van der Waals surface area contributed by atoms with E-state index in [1.807, 2.05) is 30.3 Å². The second-order valence-corrected chi connectivity index (χ2v) is 5.31. The lowest BCUT2D eigenvalue weighted by Gasteiger charge is -2.06. The number of hydrogen-bond donors (Lipinski definition) is 0. The van der Waals surface area contributed by atoms with Crippen molar-refractivity contribution in [2.45, 2.75) is 13.3 Å². The zero-order valence-corrected chi connectivity index (χ0v) is 13.2. The Labute approximate surface area is 139 Å². The van der Waals surface area contributed by atoms with Crippen molar-refractivity contribution in [1.29, 1.82) is 5.26 Å². The highest BCUT2D eigenvalue weighted by Gasteiger charge is 2.08. The van der Waals surface area contributed by atoms with Crippen LogP contribution < -0.4 is 0 Å². The first-order chi connectivity index (χ1) is 11.7. The molecule has 2 heterocycles. The van der Waals surface area contributed by atoms with Gasteiger partial charge in [-0.1, -0.05) is 6.07 Å². The molecule has 0 aliphatic heterocycles. The summed E-state index contributed by atoms with van der Waals surface area (Å²) in [4.78, 5) is 20.2. The third kappa shape index (κ3) is 3.39. The summed E-state index contributed by atoms with van der Waals surface area (Å²) in [6.45, 7) is 2.11. The zero-order valence-electron chi connectivity index (χ0n) is 13.2. The van der Waals surface area contributed by atoms with E-state index in [0.717, 1.165) is 22.0 Å². The molecule has 2 aromatic heterocycles. The zero-order chi connectivity index (χ0) is 16.9. The molecule has 0 bridgehead atoms. The maximum atomic E-state index is 11.8. The number of hydrogen-bond acceptors (Lipinski definition) is 5. The molecule has 0 saturated carbocycles. The van der Waals surface area contributed by atoms with E-state index in [0.29, 0.717) is 24.3 Å². The number of benzene rings is 1. The Hall–Kier alpha value is -3.26. The van der Waals surface area contributed by atoms with Gasteiger partial charge in [0.25, 0.3) is 0 Å². The summed E-state index contributed by atoms with van der Waals surface area (Å²) in [5.74, 6) is -0.362. The van der Waals surface area contributed by atoms with Gasteiger partial charge in [-0.05, 0) is 54.8 Å². The molecule has 0 aliphatic carbocycles. The smallest absolute Gasteiger partial charge is 0.339 e. The maximum absolute atomic E-state index is 11.8. The highest BCUT2D eigenvalue weighted by Crippen LogP contribution is 2.18. The van der Waals surface area contributed by atoms with Crippen LogP contribution in [-0.4, -0.2) is 22.5 Å². The SMILES string of the molecule is CCOC(=O)c1cncc(Cc2ccc3nc(C#N)ccc3c2)c1. The minimum absolute atomic E-state index is 0.339. The molecule has 0 fully saturated rings. The van der Waals surface area contributed by atoms with Gasteiger partial charge in [0.1, 0.15) is 11.8 Å². The third-order valence-electron chi connectivity index (χ3n) is 3.58. The van der Waals surface area contributed by atoms with Crippen LogP contribution in [-0.2, 0) is 11.2 Å². The average molecular weight is 317 g/mol. The molecule has 3 rings (SSSR count). The van der Waals surface area contributed by atoms with Gasteiger partial charge in [-0.25, -0.2) is 9.78 Å². The van der Waals surface area contributed by atoms with Gasteiger partial charge in [0.15, 0.2) is 0 Å². The molecule has 0 spiro atoms. The topological polar surface area (TPSA) is 75.9 Å². The van der Waals surface area contributed by atoms with Gasteiger partial charge < -0.3 is 4.74 Å². The van der Waals surface area contributed by atoms with Crippen molar-refractivity contribution in [1.82, 2.24) is 9.97 Å². The van der Waals surface area contributed by atoms with E-state index >= 15 is 0 Å². The molecule has 0 N–H and O–H groups in total. The van der Waals surface area contributed by atoms with Gasteiger partial charge in [-0.15, -0.1) is 0 Å². The van der Waals surface area contributed by atoms with Crippen LogP contribution in [0.25, 0.3) is 10.9 Å². The molecule has 24 heavy (non-hydrogen) atoms. The molecule has 0 unspecified atom stereocenters. The van der Waals surface area contributed by atoms with Gasteiger partial charge in [0, 0.05) is 17.8 Å². The van der Waals surface area contributed by atoms with Gasteiger partial charge in [0.05, 0.1) is 17.7 Å². The Balaban J connectivity index is 1.86. The fourth-order valence-electron chi connectivity index (χ4n) is 2.49. The van der Waals surface area contributed by atoms with Gasteiger partial charge in [-0.2, -0.15) is 5.26 Å². The normalized spacial score (nSPS) is 10.3. The fourth-order valence-corrected chi connectivity index (χ4v) is 2.49. The fraction of sp³-hybridized carbons (Fsp3) is 0.158. The number of nitrogens with zero attached hydrogens (tertiary/aromatic N) is 3. The largest absolute Gasteiger partial charge is 0.462 e. The van der Waals surface area contributed by atoms with Crippen molar-refractivity contribution < 1.29 is 9.53 Å². The van der Waals surface area contributed by atoms with E-state index in [4.69, 9.17) is 10.00 Å². The highest BCUT2D eigenvalue weighted by atomic mass is 16.5. The first-order valence-electron chi connectivity index (χ1n) is 7.60. The van der Waals surface area contributed by atoms with E-state index in [2.05, 4.69) is 9.97 Å². The second-order valence-electron chi connectivity index (χ2n) is 5.31. The summed E-state index contributed by atoms with van der Waals surface area (Å²) in [5.41, 5.74) is 3.66. The van der Waals surface area contributed by atoms with Crippen molar-refractivity contribution in [3.63, 3.8) is 0 Å². The predicted molar refractivity (Wildman–Crippen MR) is 89.5 cm³/mol. The number of fused-ring (bicyclic) bond motifs is 1. The minimum atomic E-state index is -0.362. The number of ether oxygens (including phenoxy) is 1. The van der Waals surface area contributed by atoms with Crippen LogP contribution in [0.3, 0.4) is 0 Å². The Morgan fingerprint density at radius 3 is 2.83 bits per heavy atom. The summed E-state index contributed by atoms with van der Waals surface area (Å²) in [6, 6.07) is 13.3. The average Bonchev–Trinajstić information content (AvgIpc) is 2.61. The Morgan fingerprint density at radius 1 is 1.17 bits per heavy atom. The van der Waals surface area contributed by atoms with Crippen LogP contribution >= 0.6 is 0 Å². The Morgan fingerprint density at radius 2 is 2.04 bits per heavy atom. The predicted octanol–water partition coefficient (Wildman–Crippen LogP) is 3.27. The number of aromatic nitrogens is 2. The van der Waals surface area contributed by atoms with Gasteiger partial charge in [-0.3, -0.25) is 4.98 Å². The van der Waals surface area contributed by atoms with Crippen molar-refractivity contribution in [3.8, 4) is 6.07 Å². The molecular weight excluding hydrogens is 302 g/mol. The summed E-state index contributed by atoms with van der Waals surface area (Å²) < 4.78 is 5.00. The number of nitriles is 1. The molecule has 3 aromatic rings. The number of carbonyl (C=O) groups excluding carboxylic acids is 1.